The van der Waals surface area contributed by atoms with E-state index in [-0.39, 0.29) is 23.4 Å². The summed E-state index contributed by atoms with van der Waals surface area (Å²) in [5, 5.41) is 0. The van der Waals surface area contributed by atoms with Crippen LogP contribution in [0.4, 0.5) is 11.4 Å². The Balaban J connectivity index is 1.77. The fraction of sp³-hybridized carbons (Fsp3) is 0.269. The third kappa shape index (κ3) is 4.02. The van der Waals surface area contributed by atoms with Crippen molar-refractivity contribution in [1.29, 1.82) is 0 Å². The number of hydrogen-bond donors (Lipinski definition) is 0. The summed E-state index contributed by atoms with van der Waals surface area (Å²) in [5.74, 6) is -0.237. The van der Waals surface area contributed by atoms with Gasteiger partial charge in [0.1, 0.15) is 6.54 Å². The zero-order valence-corrected chi connectivity index (χ0v) is 19.7. The lowest BCUT2D eigenvalue weighted by molar-refractivity contribution is -0.117. The Morgan fingerprint density at radius 3 is 2.34 bits per heavy atom. The number of para-hydroxylation sites is 1. The van der Waals surface area contributed by atoms with Gasteiger partial charge in [0.25, 0.3) is 10.0 Å². The second kappa shape index (κ2) is 8.43. The standard InChI is InChI=1S/C26H28N2O3S/c1-18-10-13-23(14-11-18)32(30,31)27(25-15-19(2)9-12-20(25)3)17-26(29)28-21(4)16-22-7-5-6-8-24(22)28/h5-15,21H,16-17H2,1-4H3/t21-/m0/s1. The number of anilines is 2. The number of sulfonamides is 1. The van der Waals surface area contributed by atoms with Crippen LogP contribution in [0.25, 0.3) is 0 Å². The van der Waals surface area contributed by atoms with Gasteiger partial charge < -0.3 is 4.90 Å². The molecule has 3 aromatic rings. The van der Waals surface area contributed by atoms with Crippen LogP contribution in [-0.2, 0) is 21.2 Å². The van der Waals surface area contributed by atoms with Gasteiger partial charge in [0.2, 0.25) is 5.91 Å². The number of amides is 1. The summed E-state index contributed by atoms with van der Waals surface area (Å²) < 4.78 is 28.7. The summed E-state index contributed by atoms with van der Waals surface area (Å²) in [6.45, 7) is 7.42. The minimum Gasteiger partial charge on any atom is -0.307 e. The highest BCUT2D eigenvalue weighted by Crippen LogP contribution is 2.33. The molecule has 4 rings (SSSR count). The molecule has 0 saturated heterocycles. The summed E-state index contributed by atoms with van der Waals surface area (Å²) in [4.78, 5) is 15.5. The van der Waals surface area contributed by atoms with Gasteiger partial charge in [-0.15, -0.1) is 0 Å². The highest BCUT2D eigenvalue weighted by molar-refractivity contribution is 7.92. The maximum absolute atomic E-state index is 13.7. The lowest BCUT2D eigenvalue weighted by Gasteiger charge is -2.30. The molecule has 0 aliphatic carbocycles. The third-order valence-electron chi connectivity index (χ3n) is 6.00. The molecule has 1 amide bonds. The first kappa shape index (κ1) is 22.1. The van der Waals surface area contributed by atoms with E-state index in [2.05, 4.69) is 0 Å². The average molecular weight is 449 g/mol. The van der Waals surface area contributed by atoms with Gasteiger partial charge in [-0.25, -0.2) is 8.42 Å². The number of benzene rings is 3. The molecule has 1 heterocycles. The number of fused-ring (bicyclic) bond motifs is 1. The number of nitrogens with zero attached hydrogens (tertiary/aromatic N) is 2. The Morgan fingerprint density at radius 2 is 1.62 bits per heavy atom. The minimum atomic E-state index is -3.94. The molecule has 0 saturated carbocycles. The van der Waals surface area contributed by atoms with Gasteiger partial charge in [0.15, 0.2) is 0 Å². The fourth-order valence-electron chi connectivity index (χ4n) is 4.27. The van der Waals surface area contributed by atoms with Crippen LogP contribution in [0.5, 0.6) is 0 Å². The van der Waals surface area contributed by atoms with E-state index < -0.39 is 10.0 Å². The predicted molar refractivity (Wildman–Crippen MR) is 129 cm³/mol. The lowest BCUT2D eigenvalue weighted by atomic mass is 10.1. The van der Waals surface area contributed by atoms with Crippen molar-refractivity contribution in [2.45, 2.75) is 45.1 Å². The normalized spacial score (nSPS) is 15.5. The molecular weight excluding hydrogens is 420 g/mol. The highest BCUT2D eigenvalue weighted by atomic mass is 32.2. The topological polar surface area (TPSA) is 57.7 Å². The summed E-state index contributed by atoms with van der Waals surface area (Å²) >= 11 is 0. The van der Waals surface area contributed by atoms with Gasteiger partial charge in [0.05, 0.1) is 10.6 Å². The molecule has 0 aromatic heterocycles. The van der Waals surface area contributed by atoms with Gasteiger partial charge in [-0.2, -0.15) is 0 Å². The molecule has 1 atom stereocenters. The van der Waals surface area contributed by atoms with E-state index in [1.807, 2.05) is 70.2 Å². The van der Waals surface area contributed by atoms with E-state index in [0.29, 0.717) is 5.69 Å². The molecule has 32 heavy (non-hydrogen) atoms. The second-order valence-corrected chi connectivity index (χ2v) is 10.4. The SMILES string of the molecule is Cc1ccc(S(=O)(=O)N(CC(=O)N2c3ccccc3C[C@@H]2C)c2cc(C)ccc2C)cc1. The van der Waals surface area contributed by atoms with Crippen molar-refractivity contribution in [2.24, 2.45) is 0 Å². The van der Waals surface area contributed by atoms with Crippen LogP contribution in [-0.4, -0.2) is 26.9 Å². The molecule has 3 aromatic carbocycles. The molecule has 0 bridgehead atoms. The zero-order chi connectivity index (χ0) is 23.0. The molecule has 6 heteroatoms. The number of aryl methyl sites for hydroxylation is 3. The van der Waals surface area contributed by atoms with Gasteiger partial charge in [-0.05, 0) is 75.1 Å². The quantitative estimate of drug-likeness (QED) is 0.564. The van der Waals surface area contributed by atoms with Crippen molar-refractivity contribution in [3.63, 3.8) is 0 Å². The van der Waals surface area contributed by atoms with E-state index in [9.17, 15) is 13.2 Å². The third-order valence-corrected chi connectivity index (χ3v) is 7.77. The molecule has 5 nitrogen and oxygen atoms in total. The minimum absolute atomic E-state index is 0.0255. The molecule has 1 aliphatic heterocycles. The van der Waals surface area contributed by atoms with E-state index >= 15 is 0 Å². The van der Waals surface area contributed by atoms with Gasteiger partial charge in [0, 0.05) is 11.7 Å². The molecule has 0 N–H and O–H groups in total. The van der Waals surface area contributed by atoms with Crippen molar-refractivity contribution in [3.8, 4) is 0 Å². The molecule has 0 fully saturated rings. The predicted octanol–water partition coefficient (Wildman–Crippen LogP) is 4.78. The van der Waals surface area contributed by atoms with Crippen LogP contribution in [0.15, 0.2) is 71.6 Å². The van der Waals surface area contributed by atoms with Crippen LogP contribution in [0.1, 0.15) is 29.2 Å². The number of rotatable bonds is 5. The van der Waals surface area contributed by atoms with E-state index in [4.69, 9.17) is 0 Å². The highest BCUT2D eigenvalue weighted by Gasteiger charge is 2.35. The molecular formula is C26H28N2O3S. The lowest BCUT2D eigenvalue weighted by Crippen LogP contribution is -2.45. The summed E-state index contributed by atoms with van der Waals surface area (Å²) in [5.41, 5.74) is 5.20. The molecule has 0 radical (unpaired) electrons. The monoisotopic (exact) mass is 448 g/mol. The molecule has 166 valence electrons. The van der Waals surface area contributed by atoms with E-state index in [0.717, 1.165) is 34.4 Å². The molecule has 0 spiro atoms. The Kier molecular flexibility index (Phi) is 5.82. The van der Waals surface area contributed by atoms with Crippen molar-refractivity contribution in [3.05, 3.63) is 89.0 Å². The Bertz CT molecular complexity index is 1270. The average Bonchev–Trinajstić information content (AvgIpc) is 3.09. The first-order valence-electron chi connectivity index (χ1n) is 10.7. The maximum Gasteiger partial charge on any atom is 0.264 e. The van der Waals surface area contributed by atoms with Crippen LogP contribution >= 0.6 is 0 Å². The maximum atomic E-state index is 13.7. The zero-order valence-electron chi connectivity index (χ0n) is 18.9. The van der Waals surface area contributed by atoms with Crippen molar-refractivity contribution >= 4 is 27.3 Å². The number of carbonyl (C=O) groups excluding carboxylic acids is 1. The van der Waals surface area contributed by atoms with Crippen LogP contribution in [0.3, 0.4) is 0 Å². The Labute approximate surface area is 190 Å². The molecule has 0 unspecified atom stereocenters. The van der Waals surface area contributed by atoms with E-state index in [1.54, 1.807) is 29.2 Å². The number of hydrogen-bond acceptors (Lipinski definition) is 3. The van der Waals surface area contributed by atoms with Crippen molar-refractivity contribution in [2.75, 3.05) is 15.7 Å². The van der Waals surface area contributed by atoms with E-state index in [1.165, 1.54) is 4.31 Å². The fourth-order valence-corrected chi connectivity index (χ4v) is 5.74. The second-order valence-electron chi connectivity index (χ2n) is 8.56. The summed E-state index contributed by atoms with van der Waals surface area (Å²) in [6.07, 6.45) is 0.760. The van der Waals surface area contributed by atoms with Crippen LogP contribution in [0.2, 0.25) is 0 Å². The largest absolute Gasteiger partial charge is 0.307 e. The van der Waals surface area contributed by atoms with Crippen molar-refractivity contribution < 1.29 is 13.2 Å². The van der Waals surface area contributed by atoms with Gasteiger partial charge in [-0.1, -0.05) is 48.0 Å². The molecule has 1 aliphatic rings. The van der Waals surface area contributed by atoms with Crippen molar-refractivity contribution in [1.82, 2.24) is 0 Å². The first-order chi connectivity index (χ1) is 15.2. The number of carbonyl (C=O) groups is 1. The smallest absolute Gasteiger partial charge is 0.264 e. The van der Waals surface area contributed by atoms with Gasteiger partial charge >= 0.3 is 0 Å². The first-order valence-corrected chi connectivity index (χ1v) is 12.2. The van der Waals surface area contributed by atoms with Crippen LogP contribution in [0, 0.1) is 20.8 Å². The summed E-state index contributed by atoms with van der Waals surface area (Å²) in [7, 11) is -3.94. The Hall–Kier alpha value is -3.12. The van der Waals surface area contributed by atoms with Gasteiger partial charge in [-0.3, -0.25) is 9.10 Å². The summed E-state index contributed by atoms with van der Waals surface area (Å²) in [6, 6.07) is 20.2. The Morgan fingerprint density at radius 1 is 0.969 bits per heavy atom. The van der Waals surface area contributed by atoms with Crippen LogP contribution < -0.4 is 9.21 Å².